The van der Waals surface area contributed by atoms with Gasteiger partial charge in [0.05, 0.1) is 5.92 Å². The first-order valence-electron chi connectivity index (χ1n) is 6.49. The van der Waals surface area contributed by atoms with E-state index < -0.39 is 0 Å². The smallest absolute Gasteiger partial charge is 0.224 e. The Kier molecular flexibility index (Phi) is 5.80. The van der Waals surface area contributed by atoms with Crippen LogP contribution in [-0.2, 0) is 4.79 Å². The Bertz CT molecular complexity index is 250. The molecule has 1 rings (SSSR count). The predicted octanol–water partition coefficient (Wildman–Crippen LogP) is 1.98. The highest BCUT2D eigenvalue weighted by Gasteiger charge is 2.23. The first kappa shape index (κ1) is 14.8. The van der Waals surface area contributed by atoms with Gasteiger partial charge in [-0.1, -0.05) is 20.8 Å². The molecule has 1 N–H and O–H groups in total. The van der Waals surface area contributed by atoms with E-state index in [-0.39, 0.29) is 16.6 Å². The molecule has 0 aromatic heterocycles. The Balaban J connectivity index is 2.16. The largest absolute Gasteiger partial charge is 0.355 e. The zero-order valence-electron chi connectivity index (χ0n) is 11.6. The summed E-state index contributed by atoms with van der Waals surface area (Å²) >= 11 is 1.90. The van der Waals surface area contributed by atoms with Crippen molar-refractivity contribution in [3.8, 4) is 0 Å². The van der Waals surface area contributed by atoms with E-state index in [0.717, 1.165) is 38.2 Å². The first-order chi connectivity index (χ1) is 7.88. The standard InChI is InChI=1S/C13H26N2OS/c1-13(2,3)17-9-7-14-12(16)11-6-5-8-15(4)10-11/h11H,5-10H2,1-4H3,(H,14,16). The van der Waals surface area contributed by atoms with Gasteiger partial charge in [-0.3, -0.25) is 4.79 Å². The number of hydrogen-bond acceptors (Lipinski definition) is 3. The second kappa shape index (κ2) is 6.64. The minimum absolute atomic E-state index is 0.202. The van der Waals surface area contributed by atoms with E-state index in [2.05, 4.69) is 38.0 Å². The third-order valence-electron chi connectivity index (χ3n) is 2.93. The van der Waals surface area contributed by atoms with Crippen molar-refractivity contribution in [2.24, 2.45) is 5.92 Å². The monoisotopic (exact) mass is 258 g/mol. The van der Waals surface area contributed by atoms with Gasteiger partial charge >= 0.3 is 0 Å². The van der Waals surface area contributed by atoms with Gasteiger partial charge in [-0.25, -0.2) is 0 Å². The predicted molar refractivity (Wildman–Crippen MR) is 75.4 cm³/mol. The fourth-order valence-corrected chi connectivity index (χ4v) is 2.87. The van der Waals surface area contributed by atoms with E-state index in [0.29, 0.717) is 0 Å². The van der Waals surface area contributed by atoms with Gasteiger partial charge in [0, 0.05) is 23.6 Å². The molecule has 17 heavy (non-hydrogen) atoms. The van der Waals surface area contributed by atoms with Crippen LogP contribution in [0.25, 0.3) is 0 Å². The van der Waals surface area contributed by atoms with Crippen molar-refractivity contribution >= 4 is 17.7 Å². The molecule has 1 atom stereocenters. The Labute approximate surface area is 110 Å². The molecule has 0 aromatic rings. The Morgan fingerprint density at radius 2 is 2.18 bits per heavy atom. The fourth-order valence-electron chi connectivity index (χ4n) is 2.06. The highest BCUT2D eigenvalue weighted by Crippen LogP contribution is 2.22. The number of thioether (sulfide) groups is 1. The third-order valence-corrected chi connectivity index (χ3v) is 4.21. The average molecular weight is 258 g/mol. The molecule has 0 saturated carbocycles. The molecule has 0 radical (unpaired) electrons. The zero-order valence-corrected chi connectivity index (χ0v) is 12.4. The number of carbonyl (C=O) groups is 1. The summed E-state index contributed by atoms with van der Waals surface area (Å²) in [5, 5.41) is 3.06. The van der Waals surface area contributed by atoms with Gasteiger partial charge in [0.1, 0.15) is 0 Å². The minimum atomic E-state index is 0.202. The Morgan fingerprint density at radius 3 is 2.76 bits per heavy atom. The second-order valence-electron chi connectivity index (χ2n) is 5.85. The fraction of sp³-hybridized carbons (Fsp3) is 0.923. The van der Waals surface area contributed by atoms with Crippen molar-refractivity contribution < 1.29 is 4.79 Å². The van der Waals surface area contributed by atoms with Gasteiger partial charge in [0.15, 0.2) is 0 Å². The molecule has 0 aromatic carbocycles. The summed E-state index contributed by atoms with van der Waals surface area (Å²) in [6.45, 7) is 9.45. The summed E-state index contributed by atoms with van der Waals surface area (Å²) in [6.07, 6.45) is 2.19. The van der Waals surface area contributed by atoms with E-state index in [4.69, 9.17) is 0 Å². The maximum absolute atomic E-state index is 11.9. The number of rotatable bonds is 4. The van der Waals surface area contributed by atoms with Crippen LogP contribution in [0.5, 0.6) is 0 Å². The number of likely N-dealkylation sites (tertiary alicyclic amines) is 1. The van der Waals surface area contributed by atoms with Crippen molar-refractivity contribution in [2.45, 2.75) is 38.4 Å². The number of carbonyl (C=O) groups excluding carboxylic acids is 1. The van der Waals surface area contributed by atoms with E-state index in [1.165, 1.54) is 0 Å². The highest BCUT2D eigenvalue weighted by molar-refractivity contribution is 8.00. The molecule has 1 fully saturated rings. The van der Waals surface area contributed by atoms with Crippen LogP contribution >= 0.6 is 11.8 Å². The lowest BCUT2D eigenvalue weighted by Crippen LogP contribution is -2.42. The normalized spacial score (nSPS) is 22.5. The third kappa shape index (κ3) is 6.32. The SMILES string of the molecule is CN1CCCC(C(=O)NCCSC(C)(C)C)C1. The summed E-state index contributed by atoms with van der Waals surface area (Å²) in [5.74, 6) is 1.44. The topological polar surface area (TPSA) is 32.3 Å². The maximum Gasteiger partial charge on any atom is 0.224 e. The van der Waals surface area contributed by atoms with Crippen LogP contribution in [0.3, 0.4) is 0 Å². The molecule has 100 valence electrons. The van der Waals surface area contributed by atoms with Crippen LogP contribution in [0.1, 0.15) is 33.6 Å². The molecule has 1 unspecified atom stereocenters. The van der Waals surface area contributed by atoms with Gasteiger partial charge in [-0.15, -0.1) is 0 Å². The summed E-state index contributed by atoms with van der Waals surface area (Å²) in [7, 11) is 2.09. The highest BCUT2D eigenvalue weighted by atomic mass is 32.2. The number of piperidine rings is 1. The molecule has 0 aliphatic carbocycles. The maximum atomic E-state index is 11.9. The van der Waals surface area contributed by atoms with E-state index in [1.54, 1.807) is 0 Å². The number of nitrogens with zero attached hydrogens (tertiary/aromatic N) is 1. The van der Waals surface area contributed by atoms with Gasteiger partial charge < -0.3 is 10.2 Å². The summed E-state index contributed by atoms with van der Waals surface area (Å²) < 4.78 is 0.287. The Morgan fingerprint density at radius 1 is 1.47 bits per heavy atom. The lowest BCUT2D eigenvalue weighted by Gasteiger charge is -2.28. The number of amides is 1. The van der Waals surface area contributed by atoms with Crippen molar-refractivity contribution in [2.75, 3.05) is 32.4 Å². The van der Waals surface area contributed by atoms with Crippen LogP contribution < -0.4 is 5.32 Å². The molecule has 1 saturated heterocycles. The molecule has 0 bridgehead atoms. The molecule has 1 aliphatic rings. The van der Waals surface area contributed by atoms with Crippen LogP contribution in [0.4, 0.5) is 0 Å². The minimum Gasteiger partial charge on any atom is -0.355 e. The van der Waals surface area contributed by atoms with Crippen molar-refractivity contribution in [1.29, 1.82) is 0 Å². The summed E-state index contributed by atoms with van der Waals surface area (Å²) in [4.78, 5) is 14.2. The van der Waals surface area contributed by atoms with Crippen LogP contribution in [0, 0.1) is 5.92 Å². The summed E-state index contributed by atoms with van der Waals surface area (Å²) in [6, 6.07) is 0. The van der Waals surface area contributed by atoms with Crippen LogP contribution in [0.15, 0.2) is 0 Å². The lowest BCUT2D eigenvalue weighted by atomic mass is 9.98. The average Bonchev–Trinajstić information content (AvgIpc) is 2.23. The molecule has 1 aliphatic heterocycles. The lowest BCUT2D eigenvalue weighted by molar-refractivity contribution is -0.126. The number of nitrogens with one attached hydrogen (secondary N) is 1. The van der Waals surface area contributed by atoms with Gasteiger partial charge in [0.25, 0.3) is 0 Å². The molecular weight excluding hydrogens is 232 g/mol. The molecule has 1 heterocycles. The zero-order chi connectivity index (χ0) is 12.9. The summed E-state index contributed by atoms with van der Waals surface area (Å²) in [5.41, 5.74) is 0. The van der Waals surface area contributed by atoms with Crippen molar-refractivity contribution in [1.82, 2.24) is 10.2 Å². The molecule has 3 nitrogen and oxygen atoms in total. The molecular formula is C13H26N2OS. The van der Waals surface area contributed by atoms with Crippen molar-refractivity contribution in [3.05, 3.63) is 0 Å². The molecule has 0 spiro atoms. The van der Waals surface area contributed by atoms with E-state index in [9.17, 15) is 4.79 Å². The van der Waals surface area contributed by atoms with Crippen LogP contribution in [0.2, 0.25) is 0 Å². The van der Waals surface area contributed by atoms with Gasteiger partial charge in [-0.2, -0.15) is 11.8 Å². The number of hydrogen-bond donors (Lipinski definition) is 1. The van der Waals surface area contributed by atoms with E-state index in [1.807, 2.05) is 11.8 Å². The van der Waals surface area contributed by atoms with Crippen molar-refractivity contribution in [3.63, 3.8) is 0 Å². The second-order valence-corrected chi connectivity index (χ2v) is 7.77. The van der Waals surface area contributed by atoms with Gasteiger partial charge in [0.2, 0.25) is 5.91 Å². The van der Waals surface area contributed by atoms with Crippen LogP contribution in [-0.4, -0.2) is 48.0 Å². The quantitative estimate of drug-likeness (QED) is 0.783. The van der Waals surface area contributed by atoms with Gasteiger partial charge in [-0.05, 0) is 26.4 Å². The first-order valence-corrected chi connectivity index (χ1v) is 7.47. The molecule has 4 heteroatoms. The van der Waals surface area contributed by atoms with E-state index >= 15 is 0 Å². The molecule has 1 amide bonds. The Hall–Kier alpha value is -0.220.